The van der Waals surface area contributed by atoms with Crippen molar-refractivity contribution >= 4 is 15.9 Å². The van der Waals surface area contributed by atoms with E-state index in [-0.39, 0.29) is 0 Å². The molecule has 0 saturated heterocycles. The average molecular weight is 282 g/mol. The van der Waals surface area contributed by atoms with Crippen LogP contribution in [0.15, 0.2) is 28.7 Å². The summed E-state index contributed by atoms with van der Waals surface area (Å²) in [5, 5.41) is 0. The van der Waals surface area contributed by atoms with Gasteiger partial charge in [0.2, 0.25) is 0 Å². The van der Waals surface area contributed by atoms with E-state index >= 15 is 0 Å². The Morgan fingerprint density at radius 3 is 2.62 bits per heavy atom. The first kappa shape index (κ1) is 12.1. The summed E-state index contributed by atoms with van der Waals surface area (Å²) in [6, 6.07) is 8.85. The molecular weight excluding hydrogens is 262 g/mol. The second kappa shape index (κ2) is 5.83. The second-order valence-electron chi connectivity index (χ2n) is 4.84. The highest BCUT2D eigenvalue weighted by molar-refractivity contribution is 9.10. The molecule has 1 aliphatic carbocycles. The maximum absolute atomic E-state index is 6.26. The molecule has 1 fully saturated rings. The third-order valence-corrected chi connectivity index (χ3v) is 4.48. The van der Waals surface area contributed by atoms with Crippen molar-refractivity contribution in [3.63, 3.8) is 0 Å². The number of rotatable bonds is 4. The predicted molar refractivity (Wildman–Crippen MR) is 72.4 cm³/mol. The average Bonchev–Trinajstić information content (AvgIpc) is 2.81. The first-order valence-electron chi connectivity index (χ1n) is 6.26. The summed E-state index contributed by atoms with van der Waals surface area (Å²) in [5.41, 5.74) is 7.65. The molecule has 0 radical (unpaired) electrons. The SMILES string of the molecule is NC(CCc1ccccc1Br)C1CCCC1. The molecule has 1 unspecified atom stereocenters. The fourth-order valence-corrected chi connectivity index (χ4v) is 3.13. The lowest BCUT2D eigenvalue weighted by Gasteiger charge is -2.18. The van der Waals surface area contributed by atoms with E-state index in [1.54, 1.807) is 0 Å². The topological polar surface area (TPSA) is 26.0 Å². The number of hydrogen-bond donors (Lipinski definition) is 1. The minimum absolute atomic E-state index is 0.398. The Hall–Kier alpha value is -0.340. The normalized spacial score (nSPS) is 18.9. The molecular formula is C14H20BrN. The van der Waals surface area contributed by atoms with Crippen molar-refractivity contribution in [1.29, 1.82) is 0 Å². The molecule has 2 heteroatoms. The third-order valence-electron chi connectivity index (χ3n) is 3.71. The van der Waals surface area contributed by atoms with Gasteiger partial charge in [0.1, 0.15) is 0 Å². The zero-order chi connectivity index (χ0) is 11.4. The third kappa shape index (κ3) is 3.08. The lowest BCUT2D eigenvalue weighted by Crippen LogP contribution is -2.28. The van der Waals surface area contributed by atoms with Crippen molar-refractivity contribution in [3.05, 3.63) is 34.3 Å². The van der Waals surface area contributed by atoms with Crippen LogP contribution in [-0.2, 0) is 6.42 Å². The summed E-state index contributed by atoms with van der Waals surface area (Å²) in [4.78, 5) is 0. The Kier molecular flexibility index (Phi) is 4.42. The number of benzene rings is 1. The Bertz CT molecular complexity index is 331. The van der Waals surface area contributed by atoms with E-state index in [1.807, 2.05) is 0 Å². The van der Waals surface area contributed by atoms with E-state index in [1.165, 1.54) is 35.7 Å². The van der Waals surface area contributed by atoms with Gasteiger partial charge in [-0.2, -0.15) is 0 Å². The van der Waals surface area contributed by atoms with Crippen LogP contribution >= 0.6 is 15.9 Å². The Balaban J connectivity index is 1.84. The Morgan fingerprint density at radius 1 is 1.25 bits per heavy atom. The van der Waals surface area contributed by atoms with Crippen LogP contribution in [0.3, 0.4) is 0 Å². The van der Waals surface area contributed by atoms with Crippen molar-refractivity contribution in [1.82, 2.24) is 0 Å². The van der Waals surface area contributed by atoms with Gasteiger partial charge in [0.15, 0.2) is 0 Å². The Labute approximate surface area is 107 Å². The molecule has 0 aromatic heterocycles. The van der Waals surface area contributed by atoms with Crippen LogP contribution in [0.1, 0.15) is 37.7 Å². The minimum atomic E-state index is 0.398. The first-order chi connectivity index (χ1) is 7.77. The highest BCUT2D eigenvalue weighted by Gasteiger charge is 2.21. The summed E-state index contributed by atoms with van der Waals surface area (Å²) in [7, 11) is 0. The van der Waals surface area contributed by atoms with Gasteiger partial charge in [0, 0.05) is 10.5 Å². The molecule has 16 heavy (non-hydrogen) atoms. The monoisotopic (exact) mass is 281 g/mol. The first-order valence-corrected chi connectivity index (χ1v) is 7.05. The van der Waals surface area contributed by atoms with Gasteiger partial charge in [0.05, 0.1) is 0 Å². The van der Waals surface area contributed by atoms with Gasteiger partial charge in [0.25, 0.3) is 0 Å². The molecule has 0 bridgehead atoms. The largest absolute Gasteiger partial charge is 0.327 e. The standard InChI is InChI=1S/C14H20BrN/c15-13-8-4-3-5-11(13)9-10-14(16)12-6-1-2-7-12/h3-5,8,12,14H,1-2,6-7,9-10,16H2. The lowest BCUT2D eigenvalue weighted by atomic mass is 9.93. The fourth-order valence-electron chi connectivity index (χ4n) is 2.64. The number of hydrogen-bond acceptors (Lipinski definition) is 1. The van der Waals surface area contributed by atoms with Crippen molar-refractivity contribution in [3.8, 4) is 0 Å². The molecule has 2 N–H and O–H groups in total. The summed E-state index contributed by atoms with van der Waals surface area (Å²) in [6.45, 7) is 0. The van der Waals surface area contributed by atoms with Crippen LogP contribution in [0.25, 0.3) is 0 Å². The van der Waals surface area contributed by atoms with Gasteiger partial charge in [-0.3, -0.25) is 0 Å². The highest BCUT2D eigenvalue weighted by Crippen LogP contribution is 2.29. The molecule has 1 saturated carbocycles. The molecule has 0 spiro atoms. The zero-order valence-electron chi connectivity index (χ0n) is 9.66. The quantitative estimate of drug-likeness (QED) is 0.890. The van der Waals surface area contributed by atoms with E-state index < -0.39 is 0 Å². The van der Waals surface area contributed by atoms with Crippen molar-refractivity contribution in [2.24, 2.45) is 11.7 Å². The molecule has 1 aromatic rings. The van der Waals surface area contributed by atoms with Gasteiger partial charge in [-0.1, -0.05) is 47.0 Å². The van der Waals surface area contributed by atoms with Crippen LogP contribution in [0.5, 0.6) is 0 Å². The van der Waals surface area contributed by atoms with E-state index in [0.29, 0.717) is 6.04 Å². The summed E-state index contributed by atoms with van der Waals surface area (Å²) < 4.78 is 1.22. The highest BCUT2D eigenvalue weighted by atomic mass is 79.9. The van der Waals surface area contributed by atoms with Crippen LogP contribution in [0.4, 0.5) is 0 Å². The predicted octanol–water partition coefficient (Wildman–Crippen LogP) is 3.90. The number of nitrogens with two attached hydrogens (primary N) is 1. The van der Waals surface area contributed by atoms with E-state index in [2.05, 4.69) is 40.2 Å². The molecule has 1 aliphatic rings. The number of halogens is 1. The van der Waals surface area contributed by atoms with Gasteiger partial charge in [-0.05, 0) is 43.2 Å². The van der Waals surface area contributed by atoms with Gasteiger partial charge < -0.3 is 5.73 Å². The Morgan fingerprint density at radius 2 is 1.94 bits per heavy atom. The summed E-state index contributed by atoms with van der Waals surface area (Å²) >= 11 is 3.59. The van der Waals surface area contributed by atoms with Crippen LogP contribution in [0.2, 0.25) is 0 Å². The molecule has 1 aromatic carbocycles. The van der Waals surface area contributed by atoms with Gasteiger partial charge in [-0.15, -0.1) is 0 Å². The van der Waals surface area contributed by atoms with Crippen LogP contribution in [0, 0.1) is 5.92 Å². The molecule has 2 rings (SSSR count). The van der Waals surface area contributed by atoms with Gasteiger partial charge in [-0.25, -0.2) is 0 Å². The van der Waals surface area contributed by atoms with E-state index in [0.717, 1.165) is 18.8 Å². The molecule has 1 nitrogen and oxygen atoms in total. The van der Waals surface area contributed by atoms with Crippen molar-refractivity contribution in [2.75, 3.05) is 0 Å². The van der Waals surface area contributed by atoms with Crippen molar-refractivity contribution < 1.29 is 0 Å². The molecule has 0 aliphatic heterocycles. The summed E-state index contributed by atoms with van der Waals surface area (Å²) in [5.74, 6) is 0.780. The minimum Gasteiger partial charge on any atom is -0.327 e. The van der Waals surface area contributed by atoms with Crippen molar-refractivity contribution in [2.45, 2.75) is 44.6 Å². The van der Waals surface area contributed by atoms with Crippen LogP contribution in [-0.4, -0.2) is 6.04 Å². The fraction of sp³-hybridized carbons (Fsp3) is 0.571. The molecule has 1 atom stereocenters. The lowest BCUT2D eigenvalue weighted by molar-refractivity contribution is 0.410. The van der Waals surface area contributed by atoms with E-state index in [9.17, 15) is 0 Å². The van der Waals surface area contributed by atoms with Crippen LogP contribution < -0.4 is 5.73 Å². The van der Waals surface area contributed by atoms with E-state index in [4.69, 9.17) is 5.73 Å². The smallest absolute Gasteiger partial charge is 0.0207 e. The molecule has 0 amide bonds. The number of aryl methyl sites for hydroxylation is 1. The molecule has 88 valence electrons. The maximum atomic E-state index is 6.26. The second-order valence-corrected chi connectivity index (χ2v) is 5.69. The van der Waals surface area contributed by atoms with Gasteiger partial charge >= 0.3 is 0 Å². The zero-order valence-corrected chi connectivity index (χ0v) is 11.2. The molecule has 0 heterocycles. The summed E-state index contributed by atoms with van der Waals surface area (Å²) in [6.07, 6.45) is 7.67. The maximum Gasteiger partial charge on any atom is 0.0207 e.